The van der Waals surface area contributed by atoms with E-state index in [2.05, 4.69) is 20.8 Å². The highest BCUT2D eigenvalue weighted by Gasteiger charge is 2.38. The van der Waals surface area contributed by atoms with Gasteiger partial charge in [0.25, 0.3) is 0 Å². The van der Waals surface area contributed by atoms with Gasteiger partial charge in [0.2, 0.25) is 15.9 Å². The van der Waals surface area contributed by atoms with E-state index < -0.39 is 10.0 Å². The highest BCUT2D eigenvalue weighted by molar-refractivity contribution is 9.10. The molecule has 2 heterocycles. The zero-order valence-corrected chi connectivity index (χ0v) is 15.8. The normalized spacial score (nSPS) is 24.3. The Labute approximate surface area is 151 Å². The van der Waals surface area contributed by atoms with E-state index in [1.165, 1.54) is 0 Å². The monoisotopic (exact) mass is 415 g/mol. The molecular weight excluding hydrogens is 394 g/mol. The average Bonchev–Trinajstić information content (AvgIpc) is 3.05. The van der Waals surface area contributed by atoms with E-state index in [1.807, 2.05) is 0 Å². The van der Waals surface area contributed by atoms with Gasteiger partial charge >= 0.3 is 0 Å². The molecule has 0 spiro atoms. The van der Waals surface area contributed by atoms with Gasteiger partial charge in [-0.3, -0.25) is 9.69 Å². The van der Waals surface area contributed by atoms with Crippen molar-refractivity contribution in [2.45, 2.75) is 42.7 Å². The van der Waals surface area contributed by atoms with Gasteiger partial charge in [0.05, 0.1) is 10.9 Å². The summed E-state index contributed by atoms with van der Waals surface area (Å²) in [5.41, 5.74) is 5.49. The van der Waals surface area contributed by atoms with Crippen LogP contribution in [0.1, 0.15) is 25.7 Å². The Morgan fingerprint density at radius 3 is 2.42 bits per heavy atom. The molecule has 1 amide bonds. The number of carbonyl (C=O) groups is 1. The van der Waals surface area contributed by atoms with Crippen LogP contribution in [-0.4, -0.2) is 55.2 Å². The average molecular weight is 416 g/mol. The minimum absolute atomic E-state index is 0.193. The lowest BCUT2D eigenvalue weighted by atomic mass is 10.0. The maximum absolute atomic E-state index is 12.8. The van der Waals surface area contributed by atoms with Crippen LogP contribution in [0, 0.1) is 0 Å². The number of nitrogens with zero attached hydrogens (tertiary/aromatic N) is 2. The molecule has 8 heteroatoms. The summed E-state index contributed by atoms with van der Waals surface area (Å²) in [6, 6.07) is 6.92. The summed E-state index contributed by atoms with van der Waals surface area (Å²) < 4.78 is 27.8. The second-order valence-electron chi connectivity index (χ2n) is 6.36. The first-order valence-electron chi connectivity index (χ1n) is 8.21. The van der Waals surface area contributed by atoms with E-state index in [0.29, 0.717) is 22.5 Å². The van der Waals surface area contributed by atoms with Crippen molar-refractivity contribution in [1.82, 2.24) is 9.21 Å². The summed E-state index contributed by atoms with van der Waals surface area (Å²) in [6.45, 7) is 1.81. The molecule has 3 rings (SSSR count). The third-order valence-corrected chi connectivity index (χ3v) is 7.88. The zero-order chi connectivity index (χ0) is 17.3. The van der Waals surface area contributed by atoms with E-state index in [4.69, 9.17) is 5.73 Å². The number of carbonyl (C=O) groups excluding carboxylic acids is 1. The molecule has 1 aromatic carbocycles. The lowest BCUT2D eigenvalue weighted by Gasteiger charge is -2.38. The third-order valence-electron chi connectivity index (χ3n) is 4.97. The van der Waals surface area contributed by atoms with Crippen LogP contribution in [0.3, 0.4) is 0 Å². The summed E-state index contributed by atoms with van der Waals surface area (Å²) in [6.07, 6.45) is 3.24. The number of likely N-dealkylation sites (tertiary alicyclic amines) is 1. The molecule has 0 radical (unpaired) electrons. The molecule has 0 saturated carbocycles. The van der Waals surface area contributed by atoms with Crippen LogP contribution in [0.5, 0.6) is 0 Å². The van der Waals surface area contributed by atoms with Crippen LogP contribution in [0.25, 0.3) is 0 Å². The molecular formula is C16H22BrN3O3S. The lowest BCUT2D eigenvalue weighted by Crippen LogP contribution is -2.51. The topological polar surface area (TPSA) is 83.7 Å². The van der Waals surface area contributed by atoms with Crippen molar-refractivity contribution in [3.63, 3.8) is 0 Å². The van der Waals surface area contributed by atoms with Crippen LogP contribution < -0.4 is 5.73 Å². The van der Waals surface area contributed by atoms with E-state index in [9.17, 15) is 13.2 Å². The Morgan fingerprint density at radius 1 is 1.12 bits per heavy atom. The first-order chi connectivity index (χ1) is 11.4. The van der Waals surface area contributed by atoms with Crippen LogP contribution in [0.15, 0.2) is 33.6 Å². The fraction of sp³-hybridized carbons (Fsp3) is 0.562. The van der Waals surface area contributed by atoms with Crippen molar-refractivity contribution in [2.75, 3.05) is 19.6 Å². The molecule has 0 bridgehead atoms. The SMILES string of the molecule is NC(=O)C1CCCN1C1CCN(S(=O)(=O)c2ccccc2Br)CC1. The highest BCUT2D eigenvalue weighted by atomic mass is 79.9. The number of nitrogens with two attached hydrogens (primary N) is 1. The van der Waals surface area contributed by atoms with Gasteiger partial charge in [-0.15, -0.1) is 0 Å². The molecule has 132 valence electrons. The smallest absolute Gasteiger partial charge is 0.244 e. The number of rotatable bonds is 4. The molecule has 0 aromatic heterocycles. The molecule has 0 aliphatic carbocycles. The molecule has 1 aromatic rings. The minimum Gasteiger partial charge on any atom is -0.368 e. The van der Waals surface area contributed by atoms with Crippen molar-refractivity contribution in [3.8, 4) is 0 Å². The van der Waals surface area contributed by atoms with Gasteiger partial charge in [0.1, 0.15) is 0 Å². The number of hydrogen-bond acceptors (Lipinski definition) is 4. The van der Waals surface area contributed by atoms with Crippen molar-refractivity contribution in [3.05, 3.63) is 28.7 Å². The Morgan fingerprint density at radius 2 is 1.79 bits per heavy atom. The molecule has 1 atom stereocenters. The van der Waals surface area contributed by atoms with Crippen molar-refractivity contribution in [2.24, 2.45) is 5.73 Å². The Balaban J connectivity index is 1.69. The largest absolute Gasteiger partial charge is 0.368 e. The molecule has 24 heavy (non-hydrogen) atoms. The van der Waals surface area contributed by atoms with Crippen LogP contribution in [-0.2, 0) is 14.8 Å². The fourth-order valence-electron chi connectivity index (χ4n) is 3.74. The number of primary amides is 1. The van der Waals surface area contributed by atoms with E-state index >= 15 is 0 Å². The van der Waals surface area contributed by atoms with Gasteiger partial charge < -0.3 is 5.73 Å². The van der Waals surface area contributed by atoms with Crippen molar-refractivity contribution < 1.29 is 13.2 Å². The van der Waals surface area contributed by atoms with Gasteiger partial charge in [-0.1, -0.05) is 12.1 Å². The molecule has 2 saturated heterocycles. The van der Waals surface area contributed by atoms with Gasteiger partial charge in [0.15, 0.2) is 0 Å². The van der Waals surface area contributed by atoms with Crippen LogP contribution in [0.2, 0.25) is 0 Å². The summed E-state index contributed by atoms with van der Waals surface area (Å²) in [5.74, 6) is -0.268. The molecule has 2 aliphatic heterocycles. The highest BCUT2D eigenvalue weighted by Crippen LogP contribution is 2.30. The number of benzene rings is 1. The van der Waals surface area contributed by atoms with E-state index in [-0.39, 0.29) is 18.0 Å². The summed E-state index contributed by atoms with van der Waals surface area (Å²) in [7, 11) is -3.49. The molecule has 2 fully saturated rings. The van der Waals surface area contributed by atoms with E-state index in [0.717, 1.165) is 32.2 Å². The second-order valence-corrected chi connectivity index (χ2v) is 9.12. The Kier molecular flexibility index (Phi) is 5.29. The maximum Gasteiger partial charge on any atom is 0.244 e. The van der Waals surface area contributed by atoms with Crippen LogP contribution >= 0.6 is 15.9 Å². The van der Waals surface area contributed by atoms with E-state index in [1.54, 1.807) is 28.6 Å². The minimum atomic E-state index is -3.49. The number of halogens is 1. The molecule has 2 N–H and O–H groups in total. The molecule has 6 nitrogen and oxygen atoms in total. The molecule has 2 aliphatic rings. The van der Waals surface area contributed by atoms with Crippen LogP contribution in [0.4, 0.5) is 0 Å². The third kappa shape index (κ3) is 3.37. The predicted octanol–water partition coefficient (Wildman–Crippen LogP) is 1.55. The Bertz CT molecular complexity index is 717. The van der Waals surface area contributed by atoms with Crippen molar-refractivity contribution in [1.29, 1.82) is 0 Å². The number of hydrogen-bond donors (Lipinski definition) is 1. The molecule has 1 unspecified atom stereocenters. The van der Waals surface area contributed by atoms with Crippen molar-refractivity contribution >= 4 is 31.9 Å². The summed E-state index contributed by atoms with van der Waals surface area (Å²) in [4.78, 5) is 14.0. The first-order valence-corrected chi connectivity index (χ1v) is 10.4. The fourth-order valence-corrected chi connectivity index (χ4v) is 6.17. The number of piperidine rings is 1. The lowest BCUT2D eigenvalue weighted by molar-refractivity contribution is -0.123. The predicted molar refractivity (Wildman–Crippen MR) is 94.8 cm³/mol. The first kappa shape index (κ1) is 17.8. The summed E-state index contributed by atoms with van der Waals surface area (Å²) in [5, 5.41) is 0. The zero-order valence-electron chi connectivity index (χ0n) is 13.4. The standard InChI is InChI=1S/C16H22BrN3O3S/c17-13-4-1-2-6-15(13)24(22,23)19-10-7-12(8-11-19)20-9-3-5-14(20)16(18)21/h1-2,4,6,12,14H,3,5,7-11H2,(H2,18,21). The van der Waals surface area contributed by atoms with Gasteiger partial charge in [-0.25, -0.2) is 8.42 Å². The van der Waals surface area contributed by atoms with Gasteiger partial charge in [-0.2, -0.15) is 4.31 Å². The second kappa shape index (κ2) is 7.11. The maximum atomic E-state index is 12.8. The summed E-state index contributed by atoms with van der Waals surface area (Å²) >= 11 is 3.32. The van der Waals surface area contributed by atoms with Gasteiger partial charge in [-0.05, 0) is 60.3 Å². The number of sulfonamides is 1. The Hall–Kier alpha value is -0.960. The quantitative estimate of drug-likeness (QED) is 0.808. The van der Waals surface area contributed by atoms with Gasteiger partial charge in [0, 0.05) is 23.6 Å². The number of amides is 1.